The van der Waals surface area contributed by atoms with Crippen molar-refractivity contribution in [2.75, 3.05) is 13.6 Å². The lowest BCUT2D eigenvalue weighted by molar-refractivity contribution is -0.138. The maximum absolute atomic E-state index is 12.8. The lowest BCUT2D eigenvalue weighted by atomic mass is 10.1. The van der Waals surface area contributed by atoms with Crippen molar-refractivity contribution in [2.24, 2.45) is 0 Å². The fourth-order valence-corrected chi connectivity index (χ4v) is 2.14. The molecule has 0 saturated carbocycles. The largest absolute Gasteiger partial charge is 0.417 e. The Morgan fingerprint density at radius 3 is 2.55 bits per heavy atom. The van der Waals surface area contributed by atoms with Gasteiger partial charge < -0.3 is 4.90 Å². The Morgan fingerprint density at radius 1 is 1.45 bits per heavy atom. The molecule has 0 N–H and O–H groups in total. The van der Waals surface area contributed by atoms with Crippen LogP contribution < -0.4 is 0 Å². The lowest BCUT2D eigenvalue weighted by Gasteiger charge is -2.19. The van der Waals surface area contributed by atoms with Crippen LogP contribution in [-0.2, 0) is 6.18 Å². The van der Waals surface area contributed by atoms with Gasteiger partial charge in [-0.2, -0.15) is 13.2 Å². The highest BCUT2D eigenvalue weighted by atomic mass is 79.9. The molecule has 7 heteroatoms. The molecule has 0 spiro atoms. The monoisotopic (exact) mass is 371 g/mol. The zero-order valence-electron chi connectivity index (χ0n) is 11.0. The first kappa shape index (κ1) is 17.3. The minimum Gasteiger partial charge on any atom is -0.342 e. The average molecular weight is 373 g/mol. The summed E-state index contributed by atoms with van der Waals surface area (Å²) in [7, 11) is 1.54. The van der Waals surface area contributed by atoms with Crippen LogP contribution in [0.4, 0.5) is 13.2 Å². The van der Waals surface area contributed by atoms with Crippen LogP contribution in [0.2, 0.25) is 0 Å². The molecule has 0 aliphatic heterocycles. The Bertz CT molecular complexity index is 491. The van der Waals surface area contributed by atoms with E-state index in [1.165, 1.54) is 24.1 Å². The van der Waals surface area contributed by atoms with Crippen LogP contribution in [-0.4, -0.2) is 29.8 Å². The number of hydrogen-bond donors (Lipinski definition) is 0. The SMILES string of the molecule is CC(Cl)CCN(C)C(=O)c1ccc(Br)c(C(F)(F)F)c1. The quantitative estimate of drug-likeness (QED) is 0.710. The van der Waals surface area contributed by atoms with Gasteiger partial charge in [-0.3, -0.25) is 4.79 Å². The maximum Gasteiger partial charge on any atom is 0.417 e. The molecule has 1 atom stereocenters. The number of rotatable bonds is 4. The van der Waals surface area contributed by atoms with E-state index >= 15 is 0 Å². The van der Waals surface area contributed by atoms with E-state index in [2.05, 4.69) is 15.9 Å². The molecule has 20 heavy (non-hydrogen) atoms. The number of alkyl halides is 4. The Hall–Kier alpha value is -0.750. The van der Waals surface area contributed by atoms with Crippen molar-refractivity contribution >= 4 is 33.4 Å². The third kappa shape index (κ3) is 4.66. The molecule has 1 amide bonds. The van der Waals surface area contributed by atoms with Crippen molar-refractivity contribution in [1.29, 1.82) is 0 Å². The molecule has 1 rings (SSSR count). The van der Waals surface area contributed by atoms with Crippen molar-refractivity contribution in [3.05, 3.63) is 33.8 Å². The van der Waals surface area contributed by atoms with E-state index in [-0.39, 0.29) is 15.4 Å². The van der Waals surface area contributed by atoms with Gasteiger partial charge in [0.05, 0.1) is 5.56 Å². The zero-order valence-corrected chi connectivity index (χ0v) is 13.3. The van der Waals surface area contributed by atoms with Crippen molar-refractivity contribution in [3.63, 3.8) is 0 Å². The minimum atomic E-state index is -4.50. The highest BCUT2D eigenvalue weighted by Crippen LogP contribution is 2.35. The van der Waals surface area contributed by atoms with E-state index in [1.807, 2.05) is 0 Å². The van der Waals surface area contributed by atoms with Crippen LogP contribution in [0, 0.1) is 0 Å². The van der Waals surface area contributed by atoms with Gasteiger partial charge in [-0.15, -0.1) is 11.6 Å². The van der Waals surface area contributed by atoms with Crippen LogP contribution >= 0.6 is 27.5 Å². The summed E-state index contributed by atoms with van der Waals surface area (Å²) in [6, 6.07) is 3.45. The fourth-order valence-electron chi connectivity index (χ4n) is 1.57. The van der Waals surface area contributed by atoms with Gasteiger partial charge >= 0.3 is 6.18 Å². The van der Waals surface area contributed by atoms with Crippen molar-refractivity contribution in [3.8, 4) is 0 Å². The van der Waals surface area contributed by atoms with Crippen LogP contribution in [0.25, 0.3) is 0 Å². The molecule has 2 nitrogen and oxygen atoms in total. The van der Waals surface area contributed by atoms with Crippen LogP contribution in [0.3, 0.4) is 0 Å². The van der Waals surface area contributed by atoms with Gasteiger partial charge in [-0.05, 0) is 31.5 Å². The van der Waals surface area contributed by atoms with E-state index in [0.29, 0.717) is 13.0 Å². The van der Waals surface area contributed by atoms with Gasteiger partial charge in [0.25, 0.3) is 5.91 Å². The summed E-state index contributed by atoms with van der Waals surface area (Å²) in [5, 5.41) is -0.0964. The van der Waals surface area contributed by atoms with Crippen molar-refractivity contribution < 1.29 is 18.0 Å². The third-order valence-electron chi connectivity index (χ3n) is 2.73. The summed E-state index contributed by atoms with van der Waals surface area (Å²) in [4.78, 5) is 13.4. The summed E-state index contributed by atoms with van der Waals surface area (Å²) in [6.07, 6.45) is -3.93. The molecular formula is C13H14BrClF3NO. The number of nitrogens with zero attached hydrogens (tertiary/aromatic N) is 1. The number of benzene rings is 1. The molecule has 0 aliphatic carbocycles. The number of hydrogen-bond acceptors (Lipinski definition) is 1. The van der Waals surface area contributed by atoms with Gasteiger partial charge in [0.15, 0.2) is 0 Å². The highest BCUT2D eigenvalue weighted by molar-refractivity contribution is 9.10. The molecule has 1 unspecified atom stereocenters. The van der Waals surface area contributed by atoms with Crippen molar-refractivity contribution in [2.45, 2.75) is 24.9 Å². The van der Waals surface area contributed by atoms with Crippen LogP contribution in [0.1, 0.15) is 29.3 Å². The van der Waals surface area contributed by atoms with Gasteiger partial charge in [0.2, 0.25) is 0 Å². The predicted octanol–water partition coefficient (Wildman–Crippen LogP) is 4.56. The first-order chi connectivity index (χ1) is 9.12. The maximum atomic E-state index is 12.8. The van der Waals surface area contributed by atoms with E-state index < -0.39 is 17.6 Å². The predicted molar refractivity (Wildman–Crippen MR) is 76.0 cm³/mol. The number of halogens is 5. The average Bonchev–Trinajstić information content (AvgIpc) is 2.34. The normalized spacial score (nSPS) is 13.2. The third-order valence-corrected chi connectivity index (χ3v) is 3.64. The van der Waals surface area contributed by atoms with Gasteiger partial charge in [-0.1, -0.05) is 15.9 Å². The highest BCUT2D eigenvalue weighted by Gasteiger charge is 2.33. The van der Waals surface area contributed by atoms with Crippen LogP contribution in [0.15, 0.2) is 22.7 Å². The number of carbonyl (C=O) groups excluding carboxylic acids is 1. The molecule has 1 aromatic carbocycles. The number of carbonyl (C=O) groups is 1. The van der Waals surface area contributed by atoms with E-state index in [0.717, 1.165) is 6.07 Å². The van der Waals surface area contributed by atoms with Crippen molar-refractivity contribution in [1.82, 2.24) is 4.90 Å². The second-order valence-corrected chi connectivity index (χ2v) is 6.09. The Balaban J connectivity index is 2.94. The minimum absolute atomic E-state index is 0.00486. The topological polar surface area (TPSA) is 20.3 Å². The second kappa shape index (κ2) is 6.80. The molecule has 0 fully saturated rings. The summed E-state index contributed by atoms with van der Waals surface area (Å²) in [5.74, 6) is -0.458. The fraction of sp³-hybridized carbons (Fsp3) is 0.462. The standard InChI is InChI=1S/C13H14BrClF3NO/c1-8(15)5-6-19(2)12(20)9-3-4-11(14)10(7-9)13(16,17)18/h3-4,7-8H,5-6H2,1-2H3. The first-order valence-electron chi connectivity index (χ1n) is 5.89. The Morgan fingerprint density at radius 2 is 2.05 bits per heavy atom. The summed E-state index contributed by atoms with van der Waals surface area (Å²) < 4.78 is 38.2. The summed E-state index contributed by atoms with van der Waals surface area (Å²) in [5.41, 5.74) is -0.854. The van der Waals surface area contributed by atoms with Crippen LogP contribution in [0.5, 0.6) is 0 Å². The Kier molecular flexibility index (Phi) is 5.89. The molecule has 0 saturated heterocycles. The van der Waals surface area contributed by atoms with E-state index in [1.54, 1.807) is 6.92 Å². The summed E-state index contributed by atoms with van der Waals surface area (Å²) in [6.45, 7) is 2.18. The van der Waals surface area contributed by atoms with E-state index in [9.17, 15) is 18.0 Å². The molecule has 0 heterocycles. The molecule has 1 aromatic rings. The second-order valence-electron chi connectivity index (χ2n) is 4.49. The van der Waals surface area contributed by atoms with Gasteiger partial charge in [-0.25, -0.2) is 0 Å². The first-order valence-corrected chi connectivity index (χ1v) is 7.12. The Labute approximate surface area is 129 Å². The lowest BCUT2D eigenvalue weighted by Crippen LogP contribution is -2.29. The van der Waals surface area contributed by atoms with Gasteiger partial charge in [0, 0.05) is 29.0 Å². The molecule has 0 radical (unpaired) electrons. The summed E-state index contributed by atoms with van der Waals surface area (Å²) >= 11 is 8.63. The molecule has 0 aliphatic rings. The number of amides is 1. The van der Waals surface area contributed by atoms with Gasteiger partial charge in [0.1, 0.15) is 0 Å². The smallest absolute Gasteiger partial charge is 0.342 e. The zero-order chi connectivity index (χ0) is 15.5. The molecule has 0 bridgehead atoms. The van der Waals surface area contributed by atoms with E-state index in [4.69, 9.17) is 11.6 Å². The molecule has 0 aromatic heterocycles. The molecular weight excluding hydrogens is 358 g/mol. The molecule has 112 valence electrons.